The number of likely N-dealkylation sites (N-methyl/N-ethyl adjacent to an activating group) is 1. The van der Waals surface area contributed by atoms with E-state index >= 15 is 0 Å². The molecule has 0 aromatic heterocycles. The Labute approximate surface area is 107 Å². The number of hydrogen-bond acceptors (Lipinski definition) is 3. The van der Waals surface area contributed by atoms with Crippen molar-refractivity contribution in [1.82, 2.24) is 10.2 Å². The molecule has 0 aromatic carbocycles. The Balaban J connectivity index is 2.18. The average molecular weight is 242 g/mol. The van der Waals surface area contributed by atoms with Crippen molar-refractivity contribution < 1.29 is 4.74 Å². The van der Waals surface area contributed by atoms with Crippen LogP contribution in [-0.2, 0) is 4.74 Å². The van der Waals surface area contributed by atoms with Crippen LogP contribution in [0.5, 0.6) is 0 Å². The lowest BCUT2D eigenvalue weighted by atomic mass is 9.82. The molecule has 0 aliphatic carbocycles. The Morgan fingerprint density at radius 2 is 2.12 bits per heavy atom. The van der Waals surface area contributed by atoms with E-state index in [1.165, 1.54) is 0 Å². The first-order chi connectivity index (χ1) is 7.93. The van der Waals surface area contributed by atoms with Crippen LogP contribution in [0.2, 0.25) is 0 Å². The van der Waals surface area contributed by atoms with Gasteiger partial charge in [0.25, 0.3) is 0 Å². The molecule has 0 saturated carbocycles. The van der Waals surface area contributed by atoms with E-state index in [1.807, 2.05) is 0 Å². The highest BCUT2D eigenvalue weighted by atomic mass is 16.5. The predicted molar refractivity (Wildman–Crippen MR) is 73.3 cm³/mol. The van der Waals surface area contributed by atoms with Gasteiger partial charge in [-0.25, -0.2) is 0 Å². The number of rotatable bonds is 5. The normalized spacial score (nSPS) is 24.9. The zero-order chi connectivity index (χ0) is 12.9. The van der Waals surface area contributed by atoms with Crippen molar-refractivity contribution in [2.75, 3.05) is 39.3 Å². The predicted octanol–water partition coefficient (Wildman–Crippen LogP) is 1.98. The number of morpholine rings is 1. The zero-order valence-corrected chi connectivity index (χ0v) is 12.3. The van der Waals surface area contributed by atoms with E-state index in [1.54, 1.807) is 0 Å². The number of hydrogen-bond donors (Lipinski definition) is 1. The van der Waals surface area contributed by atoms with Gasteiger partial charge < -0.3 is 10.1 Å². The molecule has 0 bridgehead atoms. The summed E-state index contributed by atoms with van der Waals surface area (Å²) >= 11 is 0. The molecule has 3 heteroatoms. The molecular formula is C14H30N2O. The molecule has 1 saturated heterocycles. The minimum atomic E-state index is 0.371. The Hall–Kier alpha value is -0.120. The first kappa shape index (κ1) is 14.9. The van der Waals surface area contributed by atoms with E-state index in [2.05, 4.69) is 44.8 Å². The van der Waals surface area contributed by atoms with Gasteiger partial charge in [-0.2, -0.15) is 0 Å². The number of nitrogens with zero attached hydrogens (tertiary/aromatic N) is 1. The van der Waals surface area contributed by atoms with Crippen LogP contribution in [0.3, 0.4) is 0 Å². The van der Waals surface area contributed by atoms with E-state index in [9.17, 15) is 0 Å². The molecule has 3 nitrogen and oxygen atoms in total. The molecular weight excluding hydrogens is 212 g/mol. The van der Waals surface area contributed by atoms with Gasteiger partial charge in [0.15, 0.2) is 0 Å². The fourth-order valence-electron chi connectivity index (χ4n) is 1.96. The van der Waals surface area contributed by atoms with E-state index in [0.29, 0.717) is 17.4 Å². The number of ether oxygens (including phenoxy) is 1. The molecule has 1 rings (SSSR count). The summed E-state index contributed by atoms with van der Waals surface area (Å²) in [6.45, 7) is 17.7. The third-order valence-corrected chi connectivity index (χ3v) is 3.97. The number of nitrogens with one attached hydrogen (secondary N) is 1. The SMILES string of the molecule is CCN1CCOC(CNCC(C)C(C)(C)C)C1. The van der Waals surface area contributed by atoms with Crippen LogP contribution in [-0.4, -0.2) is 50.3 Å². The van der Waals surface area contributed by atoms with Gasteiger partial charge in [0.05, 0.1) is 12.7 Å². The van der Waals surface area contributed by atoms with E-state index in [4.69, 9.17) is 4.74 Å². The molecule has 1 heterocycles. The fraction of sp³-hybridized carbons (Fsp3) is 1.00. The third-order valence-electron chi connectivity index (χ3n) is 3.97. The van der Waals surface area contributed by atoms with Crippen LogP contribution in [0.15, 0.2) is 0 Å². The summed E-state index contributed by atoms with van der Waals surface area (Å²) in [5, 5.41) is 3.55. The van der Waals surface area contributed by atoms with Crippen molar-refractivity contribution >= 4 is 0 Å². The second kappa shape index (κ2) is 6.72. The second-order valence-electron chi connectivity index (χ2n) is 6.31. The van der Waals surface area contributed by atoms with E-state index in [0.717, 1.165) is 39.3 Å². The molecule has 0 spiro atoms. The summed E-state index contributed by atoms with van der Waals surface area (Å²) in [6, 6.07) is 0. The van der Waals surface area contributed by atoms with Gasteiger partial charge in [0.2, 0.25) is 0 Å². The summed E-state index contributed by atoms with van der Waals surface area (Å²) in [5.74, 6) is 0.688. The third kappa shape index (κ3) is 5.36. The molecule has 1 fully saturated rings. The van der Waals surface area contributed by atoms with Gasteiger partial charge in [-0.3, -0.25) is 4.90 Å². The van der Waals surface area contributed by atoms with Crippen molar-refractivity contribution in [3.8, 4) is 0 Å². The van der Waals surface area contributed by atoms with Crippen LogP contribution in [0, 0.1) is 11.3 Å². The zero-order valence-electron chi connectivity index (χ0n) is 12.3. The molecule has 0 radical (unpaired) electrons. The highest BCUT2D eigenvalue weighted by Crippen LogP contribution is 2.24. The van der Waals surface area contributed by atoms with Crippen molar-refractivity contribution in [2.24, 2.45) is 11.3 Å². The quantitative estimate of drug-likeness (QED) is 0.798. The molecule has 0 amide bonds. The van der Waals surface area contributed by atoms with Crippen LogP contribution in [0.1, 0.15) is 34.6 Å². The first-order valence-electron chi connectivity index (χ1n) is 6.98. The monoisotopic (exact) mass is 242 g/mol. The molecule has 2 unspecified atom stereocenters. The summed E-state index contributed by atoms with van der Waals surface area (Å²) in [4.78, 5) is 2.46. The lowest BCUT2D eigenvalue weighted by molar-refractivity contribution is -0.0258. The highest BCUT2D eigenvalue weighted by Gasteiger charge is 2.21. The second-order valence-corrected chi connectivity index (χ2v) is 6.31. The lowest BCUT2D eigenvalue weighted by Crippen LogP contribution is -2.47. The largest absolute Gasteiger partial charge is 0.374 e. The Kier molecular flexibility index (Phi) is 5.90. The van der Waals surface area contributed by atoms with Crippen molar-refractivity contribution in [3.63, 3.8) is 0 Å². The Bertz CT molecular complexity index is 213. The van der Waals surface area contributed by atoms with Crippen LogP contribution < -0.4 is 5.32 Å². The van der Waals surface area contributed by atoms with Gasteiger partial charge >= 0.3 is 0 Å². The highest BCUT2D eigenvalue weighted by molar-refractivity contribution is 4.76. The van der Waals surface area contributed by atoms with Crippen molar-refractivity contribution in [2.45, 2.75) is 40.7 Å². The lowest BCUT2D eigenvalue weighted by Gasteiger charge is -2.33. The molecule has 1 N–H and O–H groups in total. The molecule has 17 heavy (non-hydrogen) atoms. The fourth-order valence-corrected chi connectivity index (χ4v) is 1.96. The van der Waals surface area contributed by atoms with Crippen LogP contribution in [0.4, 0.5) is 0 Å². The van der Waals surface area contributed by atoms with E-state index < -0.39 is 0 Å². The van der Waals surface area contributed by atoms with Gasteiger partial charge in [-0.1, -0.05) is 34.6 Å². The maximum Gasteiger partial charge on any atom is 0.0826 e. The first-order valence-corrected chi connectivity index (χ1v) is 6.98. The topological polar surface area (TPSA) is 24.5 Å². The van der Waals surface area contributed by atoms with Gasteiger partial charge in [0.1, 0.15) is 0 Å². The van der Waals surface area contributed by atoms with Crippen LogP contribution >= 0.6 is 0 Å². The maximum absolute atomic E-state index is 5.77. The maximum atomic E-state index is 5.77. The minimum absolute atomic E-state index is 0.371. The molecule has 0 aromatic rings. The summed E-state index contributed by atoms with van der Waals surface area (Å²) in [6.07, 6.45) is 0.371. The molecule has 2 atom stereocenters. The van der Waals surface area contributed by atoms with Gasteiger partial charge in [-0.05, 0) is 24.4 Å². The summed E-state index contributed by atoms with van der Waals surface area (Å²) < 4.78 is 5.77. The van der Waals surface area contributed by atoms with Crippen molar-refractivity contribution in [3.05, 3.63) is 0 Å². The summed E-state index contributed by atoms with van der Waals surface area (Å²) in [5.41, 5.74) is 0.385. The van der Waals surface area contributed by atoms with Gasteiger partial charge in [0, 0.05) is 19.6 Å². The van der Waals surface area contributed by atoms with Crippen LogP contribution in [0.25, 0.3) is 0 Å². The standard InChI is InChI=1S/C14H30N2O/c1-6-16-7-8-17-13(11-16)10-15-9-12(2)14(3,4)5/h12-13,15H,6-11H2,1-5H3. The van der Waals surface area contributed by atoms with Crippen molar-refractivity contribution in [1.29, 1.82) is 0 Å². The Morgan fingerprint density at radius 1 is 1.41 bits per heavy atom. The van der Waals surface area contributed by atoms with E-state index in [-0.39, 0.29) is 0 Å². The minimum Gasteiger partial charge on any atom is -0.374 e. The molecule has 1 aliphatic rings. The van der Waals surface area contributed by atoms with Gasteiger partial charge in [-0.15, -0.1) is 0 Å². The molecule has 102 valence electrons. The smallest absolute Gasteiger partial charge is 0.0826 e. The summed E-state index contributed by atoms with van der Waals surface area (Å²) in [7, 11) is 0. The molecule has 1 aliphatic heterocycles. The average Bonchev–Trinajstić information content (AvgIpc) is 2.28. The Morgan fingerprint density at radius 3 is 2.71 bits per heavy atom.